The number of morpholine rings is 1. The third kappa shape index (κ3) is 4.97. The highest BCUT2D eigenvalue weighted by molar-refractivity contribution is 7.17. The molecule has 1 amide bonds. The van der Waals surface area contributed by atoms with Crippen molar-refractivity contribution in [1.29, 1.82) is 0 Å². The summed E-state index contributed by atoms with van der Waals surface area (Å²) in [6.45, 7) is 8.03. The van der Waals surface area contributed by atoms with Crippen molar-refractivity contribution in [3.63, 3.8) is 0 Å². The Morgan fingerprint density at radius 1 is 1.06 bits per heavy atom. The molecule has 1 fully saturated rings. The molecule has 1 aromatic heterocycles. The number of nitrogens with zero attached hydrogens (tertiary/aromatic N) is 3. The van der Waals surface area contributed by atoms with Gasteiger partial charge in [0.25, 0.3) is 5.91 Å². The lowest BCUT2D eigenvalue weighted by atomic mass is 10.1. The molecular weight excluding hydrogens is 406 g/mol. The van der Waals surface area contributed by atoms with Crippen molar-refractivity contribution in [3.05, 3.63) is 70.2 Å². The molecule has 0 saturated carbocycles. The van der Waals surface area contributed by atoms with Gasteiger partial charge in [-0.2, -0.15) is 0 Å². The summed E-state index contributed by atoms with van der Waals surface area (Å²) >= 11 is 1.47. The zero-order valence-corrected chi connectivity index (χ0v) is 19.2. The minimum atomic E-state index is 0.0173. The molecule has 0 aliphatic carbocycles. The van der Waals surface area contributed by atoms with Crippen molar-refractivity contribution in [2.24, 2.45) is 0 Å². The lowest BCUT2D eigenvalue weighted by Crippen LogP contribution is -2.36. The van der Waals surface area contributed by atoms with Crippen LogP contribution in [-0.2, 0) is 17.7 Å². The molecule has 1 aliphatic heterocycles. The Morgan fingerprint density at radius 2 is 1.71 bits per heavy atom. The minimum absolute atomic E-state index is 0.0173. The van der Waals surface area contributed by atoms with E-state index in [1.165, 1.54) is 22.6 Å². The van der Waals surface area contributed by atoms with Gasteiger partial charge in [-0.05, 0) is 36.6 Å². The number of aryl methyl sites for hydroxylation is 2. The Labute approximate surface area is 188 Å². The highest BCUT2D eigenvalue weighted by Crippen LogP contribution is 2.29. The summed E-state index contributed by atoms with van der Waals surface area (Å²) in [7, 11) is 1.85. The average molecular weight is 436 g/mol. The molecule has 0 unspecified atom stereocenters. The summed E-state index contributed by atoms with van der Waals surface area (Å²) in [5.41, 5.74) is 5.47. The molecule has 0 atom stereocenters. The van der Waals surface area contributed by atoms with Gasteiger partial charge in [0.15, 0.2) is 0 Å². The molecule has 31 heavy (non-hydrogen) atoms. The second-order valence-electron chi connectivity index (χ2n) is 7.91. The van der Waals surface area contributed by atoms with Crippen LogP contribution in [0.3, 0.4) is 0 Å². The summed E-state index contributed by atoms with van der Waals surface area (Å²) in [6, 6.07) is 16.9. The zero-order valence-electron chi connectivity index (χ0n) is 18.4. The number of amides is 1. The first-order valence-corrected chi connectivity index (χ1v) is 11.6. The lowest BCUT2D eigenvalue weighted by molar-refractivity contribution is 0.0789. The van der Waals surface area contributed by atoms with Crippen LogP contribution in [0.4, 0.5) is 5.69 Å². The van der Waals surface area contributed by atoms with Gasteiger partial charge in [-0.15, -0.1) is 11.3 Å². The molecule has 0 radical (unpaired) electrons. The van der Waals surface area contributed by atoms with Crippen LogP contribution >= 0.6 is 11.3 Å². The van der Waals surface area contributed by atoms with Crippen LogP contribution in [-0.4, -0.2) is 49.1 Å². The molecule has 1 saturated heterocycles. The van der Waals surface area contributed by atoms with E-state index < -0.39 is 0 Å². The maximum absolute atomic E-state index is 13.1. The Balaban J connectivity index is 1.43. The number of aromatic nitrogens is 1. The Hall–Kier alpha value is -2.70. The van der Waals surface area contributed by atoms with E-state index in [1.807, 2.05) is 14.0 Å². The number of carbonyl (C=O) groups is 1. The fourth-order valence-electron chi connectivity index (χ4n) is 3.75. The number of thiazole rings is 1. The number of hydrogen-bond donors (Lipinski definition) is 0. The summed E-state index contributed by atoms with van der Waals surface area (Å²) < 4.78 is 5.43. The number of hydrogen-bond acceptors (Lipinski definition) is 5. The lowest BCUT2D eigenvalue weighted by Gasteiger charge is -2.29. The standard InChI is InChI=1S/C25H29N3O2S/c1-4-19-5-9-21(10-6-19)24-26-18(2)23(31-24)25(29)27(3)17-20-7-11-22(12-8-20)28-13-15-30-16-14-28/h5-12H,4,13-17H2,1-3H3. The van der Waals surface area contributed by atoms with Crippen LogP contribution in [0.1, 0.15) is 33.4 Å². The molecular formula is C25H29N3O2S. The molecule has 4 rings (SSSR count). The number of benzene rings is 2. The first kappa shape index (κ1) is 21.5. The van der Waals surface area contributed by atoms with Crippen LogP contribution in [0.15, 0.2) is 48.5 Å². The van der Waals surface area contributed by atoms with Gasteiger partial charge in [0, 0.05) is 37.9 Å². The van der Waals surface area contributed by atoms with E-state index in [4.69, 9.17) is 4.74 Å². The van der Waals surface area contributed by atoms with Crippen LogP contribution in [0.5, 0.6) is 0 Å². The predicted octanol–water partition coefficient (Wildman–Crippen LogP) is 4.79. The van der Waals surface area contributed by atoms with E-state index >= 15 is 0 Å². The SMILES string of the molecule is CCc1ccc(-c2nc(C)c(C(=O)N(C)Cc3ccc(N4CCOCC4)cc3)s2)cc1. The molecule has 0 N–H and O–H groups in total. The average Bonchev–Trinajstić information content (AvgIpc) is 3.21. The fraction of sp³-hybridized carbons (Fsp3) is 0.360. The van der Waals surface area contributed by atoms with Crippen molar-refractivity contribution in [2.45, 2.75) is 26.8 Å². The minimum Gasteiger partial charge on any atom is -0.378 e. The van der Waals surface area contributed by atoms with Gasteiger partial charge in [0.1, 0.15) is 9.88 Å². The summed E-state index contributed by atoms with van der Waals surface area (Å²) in [5.74, 6) is 0.0173. The molecule has 5 nitrogen and oxygen atoms in total. The van der Waals surface area contributed by atoms with Gasteiger partial charge in [0.2, 0.25) is 0 Å². The van der Waals surface area contributed by atoms with Crippen molar-refractivity contribution in [3.8, 4) is 10.6 Å². The van der Waals surface area contributed by atoms with Crippen molar-refractivity contribution in [2.75, 3.05) is 38.3 Å². The molecule has 2 heterocycles. The number of rotatable bonds is 6. The molecule has 162 valence electrons. The smallest absolute Gasteiger partial charge is 0.265 e. The molecule has 1 aliphatic rings. The molecule has 0 bridgehead atoms. The van der Waals surface area contributed by atoms with Gasteiger partial charge in [-0.3, -0.25) is 4.79 Å². The molecule has 2 aromatic carbocycles. The number of carbonyl (C=O) groups excluding carboxylic acids is 1. The van der Waals surface area contributed by atoms with Crippen LogP contribution in [0.25, 0.3) is 10.6 Å². The van der Waals surface area contributed by atoms with E-state index in [1.54, 1.807) is 4.90 Å². The maximum Gasteiger partial charge on any atom is 0.265 e. The van der Waals surface area contributed by atoms with Gasteiger partial charge < -0.3 is 14.5 Å². The third-order valence-electron chi connectivity index (χ3n) is 5.68. The second-order valence-corrected chi connectivity index (χ2v) is 8.91. The van der Waals surface area contributed by atoms with Gasteiger partial charge in [0.05, 0.1) is 18.9 Å². The second kappa shape index (κ2) is 9.62. The number of anilines is 1. The monoisotopic (exact) mass is 435 g/mol. The maximum atomic E-state index is 13.1. The van der Waals surface area contributed by atoms with Gasteiger partial charge in [-0.1, -0.05) is 43.3 Å². The van der Waals surface area contributed by atoms with Crippen molar-refractivity contribution >= 4 is 22.9 Å². The number of ether oxygens (including phenoxy) is 1. The van der Waals surface area contributed by atoms with Gasteiger partial charge in [-0.25, -0.2) is 4.98 Å². The summed E-state index contributed by atoms with van der Waals surface area (Å²) in [5, 5.41) is 0.895. The van der Waals surface area contributed by atoms with E-state index in [9.17, 15) is 4.79 Å². The van der Waals surface area contributed by atoms with E-state index in [0.29, 0.717) is 11.4 Å². The highest BCUT2D eigenvalue weighted by Gasteiger charge is 2.20. The van der Waals surface area contributed by atoms with Crippen molar-refractivity contribution < 1.29 is 9.53 Å². The van der Waals surface area contributed by atoms with E-state index in [-0.39, 0.29) is 5.91 Å². The van der Waals surface area contributed by atoms with Gasteiger partial charge >= 0.3 is 0 Å². The quantitative estimate of drug-likeness (QED) is 0.559. The normalized spacial score (nSPS) is 14.0. The fourth-order valence-corrected chi connectivity index (χ4v) is 4.82. The molecule has 3 aromatic rings. The first-order valence-electron chi connectivity index (χ1n) is 10.8. The van der Waals surface area contributed by atoms with E-state index in [0.717, 1.165) is 54.6 Å². The van der Waals surface area contributed by atoms with E-state index in [2.05, 4.69) is 65.3 Å². The predicted molar refractivity (Wildman–Crippen MR) is 127 cm³/mol. The van der Waals surface area contributed by atoms with Crippen molar-refractivity contribution in [1.82, 2.24) is 9.88 Å². The highest BCUT2D eigenvalue weighted by atomic mass is 32.1. The first-order chi connectivity index (χ1) is 15.0. The molecule has 6 heteroatoms. The zero-order chi connectivity index (χ0) is 21.8. The Bertz CT molecular complexity index is 1020. The summed E-state index contributed by atoms with van der Waals surface area (Å²) in [4.78, 5) is 22.6. The van der Waals surface area contributed by atoms with Crippen LogP contribution in [0.2, 0.25) is 0 Å². The third-order valence-corrected chi connectivity index (χ3v) is 6.87. The Morgan fingerprint density at radius 3 is 2.35 bits per heavy atom. The topological polar surface area (TPSA) is 45.7 Å². The summed E-state index contributed by atoms with van der Waals surface area (Å²) in [6.07, 6.45) is 1.01. The molecule has 0 spiro atoms. The Kier molecular flexibility index (Phi) is 6.68. The largest absolute Gasteiger partial charge is 0.378 e. The van der Waals surface area contributed by atoms with Crippen LogP contribution in [0, 0.1) is 6.92 Å². The van der Waals surface area contributed by atoms with Crippen LogP contribution < -0.4 is 4.90 Å².